The first-order valence-electron chi connectivity index (χ1n) is 8.56. The summed E-state index contributed by atoms with van der Waals surface area (Å²) in [6.07, 6.45) is -4.48. The first kappa shape index (κ1) is 19.5. The summed E-state index contributed by atoms with van der Waals surface area (Å²) in [5.74, 6) is -0.360. The molecule has 2 aromatic carbocycles. The highest BCUT2D eigenvalue weighted by Gasteiger charge is 2.35. The summed E-state index contributed by atoms with van der Waals surface area (Å²) < 4.78 is 45.8. The molecule has 3 aromatic rings. The van der Waals surface area contributed by atoms with Crippen molar-refractivity contribution in [2.24, 2.45) is 0 Å². The van der Waals surface area contributed by atoms with Crippen LogP contribution < -0.4 is 5.73 Å². The van der Waals surface area contributed by atoms with Crippen LogP contribution in [0.1, 0.15) is 18.2 Å². The highest BCUT2D eigenvalue weighted by molar-refractivity contribution is 5.73. The largest absolute Gasteiger partial charge is 0.466 e. The summed E-state index contributed by atoms with van der Waals surface area (Å²) in [5.41, 5.74) is 7.14. The first-order chi connectivity index (χ1) is 13.3. The van der Waals surface area contributed by atoms with Crippen molar-refractivity contribution in [2.75, 3.05) is 12.3 Å². The molecule has 3 rings (SSSR count). The Hall–Kier alpha value is -3.29. The Morgan fingerprint density at radius 3 is 2.32 bits per heavy atom. The highest BCUT2D eigenvalue weighted by atomic mass is 19.4. The van der Waals surface area contributed by atoms with Gasteiger partial charge in [0, 0.05) is 11.3 Å². The van der Waals surface area contributed by atoms with Gasteiger partial charge in [0.2, 0.25) is 0 Å². The van der Waals surface area contributed by atoms with E-state index in [1.807, 2.05) is 0 Å². The lowest BCUT2D eigenvalue weighted by atomic mass is 10.1. The number of hydrogen-bond acceptors (Lipinski definition) is 4. The molecule has 0 amide bonds. The summed E-state index contributed by atoms with van der Waals surface area (Å²) in [7, 11) is 0. The molecule has 0 aliphatic carbocycles. The summed E-state index contributed by atoms with van der Waals surface area (Å²) in [5, 5.41) is 3.73. The van der Waals surface area contributed by atoms with E-state index in [2.05, 4.69) is 5.10 Å². The molecule has 0 bridgehead atoms. The lowest BCUT2D eigenvalue weighted by molar-refractivity contribution is -0.142. The van der Waals surface area contributed by atoms with E-state index in [1.165, 1.54) is 4.68 Å². The average molecular weight is 389 g/mol. The van der Waals surface area contributed by atoms with Crippen molar-refractivity contribution in [3.63, 3.8) is 0 Å². The second kappa shape index (κ2) is 7.75. The number of nitrogen functional groups attached to an aromatic ring is 1. The molecule has 1 heterocycles. The zero-order chi connectivity index (χ0) is 20.3. The Morgan fingerprint density at radius 1 is 1.11 bits per heavy atom. The van der Waals surface area contributed by atoms with Crippen LogP contribution in [0, 0.1) is 0 Å². The fraction of sp³-hybridized carbons (Fsp3) is 0.200. The molecule has 28 heavy (non-hydrogen) atoms. The topological polar surface area (TPSA) is 70.1 Å². The van der Waals surface area contributed by atoms with Gasteiger partial charge in [-0.2, -0.15) is 18.3 Å². The van der Waals surface area contributed by atoms with E-state index >= 15 is 0 Å². The van der Waals surface area contributed by atoms with E-state index < -0.39 is 11.9 Å². The minimum atomic E-state index is -4.57. The standard InChI is InChI=1S/C20H18F3N3O2/c1-2-28-19(27)11-13-3-5-14(6-4-13)17-12-18(20(21,22)23)25-26(17)16-9-7-15(24)8-10-16/h3-10,12H,2,11,24H2,1H3. The van der Waals surface area contributed by atoms with Crippen LogP contribution in [0.15, 0.2) is 54.6 Å². The van der Waals surface area contributed by atoms with E-state index in [0.717, 1.165) is 6.07 Å². The number of halogens is 3. The molecule has 0 spiro atoms. The van der Waals surface area contributed by atoms with Crippen LogP contribution in [0.5, 0.6) is 0 Å². The first-order valence-corrected chi connectivity index (χ1v) is 8.56. The van der Waals surface area contributed by atoms with Crippen LogP contribution in [0.4, 0.5) is 18.9 Å². The van der Waals surface area contributed by atoms with Gasteiger partial charge < -0.3 is 10.5 Å². The number of carbonyl (C=O) groups is 1. The maximum Gasteiger partial charge on any atom is 0.435 e. The zero-order valence-electron chi connectivity index (χ0n) is 15.0. The number of alkyl halides is 3. The van der Waals surface area contributed by atoms with Crippen molar-refractivity contribution in [3.05, 3.63) is 65.9 Å². The Balaban J connectivity index is 1.99. The minimum Gasteiger partial charge on any atom is -0.466 e. The smallest absolute Gasteiger partial charge is 0.435 e. The number of ether oxygens (including phenoxy) is 1. The second-order valence-corrected chi connectivity index (χ2v) is 6.09. The molecule has 0 aliphatic rings. The summed E-state index contributed by atoms with van der Waals surface area (Å²) in [6.45, 7) is 2.01. The molecular weight excluding hydrogens is 371 g/mol. The van der Waals surface area contributed by atoms with Crippen molar-refractivity contribution in [2.45, 2.75) is 19.5 Å². The molecule has 2 N–H and O–H groups in total. The van der Waals surface area contributed by atoms with Gasteiger partial charge in [-0.15, -0.1) is 0 Å². The predicted octanol–water partition coefficient (Wildman–Crippen LogP) is 4.25. The molecule has 0 saturated heterocycles. The molecular formula is C20H18F3N3O2. The Kier molecular flexibility index (Phi) is 5.39. The van der Waals surface area contributed by atoms with E-state index in [1.54, 1.807) is 55.5 Å². The quantitative estimate of drug-likeness (QED) is 0.523. The Bertz CT molecular complexity index is 962. The van der Waals surface area contributed by atoms with E-state index in [0.29, 0.717) is 22.5 Å². The third-order valence-corrected chi connectivity index (χ3v) is 4.04. The molecule has 1 aromatic heterocycles. The van der Waals surface area contributed by atoms with Gasteiger partial charge in [0.05, 0.1) is 24.4 Å². The fourth-order valence-corrected chi connectivity index (χ4v) is 2.71. The third kappa shape index (κ3) is 4.33. The van der Waals surface area contributed by atoms with Crippen LogP contribution in [-0.2, 0) is 22.1 Å². The Labute approximate surface area is 159 Å². The van der Waals surface area contributed by atoms with Gasteiger partial charge in [0.25, 0.3) is 0 Å². The molecule has 0 radical (unpaired) electrons. The highest BCUT2D eigenvalue weighted by Crippen LogP contribution is 2.33. The SMILES string of the molecule is CCOC(=O)Cc1ccc(-c2cc(C(F)(F)F)nn2-c2ccc(N)cc2)cc1. The summed E-state index contributed by atoms with van der Waals surface area (Å²) >= 11 is 0. The van der Waals surface area contributed by atoms with Crippen molar-refractivity contribution < 1.29 is 22.7 Å². The van der Waals surface area contributed by atoms with Crippen molar-refractivity contribution in [3.8, 4) is 16.9 Å². The number of aromatic nitrogens is 2. The third-order valence-electron chi connectivity index (χ3n) is 4.04. The van der Waals surface area contributed by atoms with E-state index in [9.17, 15) is 18.0 Å². The number of carbonyl (C=O) groups excluding carboxylic acids is 1. The lowest BCUT2D eigenvalue weighted by Crippen LogP contribution is -2.07. The number of nitrogens with zero attached hydrogens (tertiary/aromatic N) is 2. The van der Waals surface area contributed by atoms with Gasteiger partial charge in [-0.25, -0.2) is 4.68 Å². The summed E-state index contributed by atoms with van der Waals surface area (Å²) in [6, 6.07) is 14.0. The molecule has 0 atom stereocenters. The number of rotatable bonds is 5. The van der Waals surface area contributed by atoms with Gasteiger partial charge in [-0.3, -0.25) is 4.79 Å². The lowest BCUT2D eigenvalue weighted by Gasteiger charge is -2.09. The monoisotopic (exact) mass is 389 g/mol. The van der Waals surface area contributed by atoms with Gasteiger partial charge in [0.15, 0.2) is 5.69 Å². The van der Waals surface area contributed by atoms with Crippen LogP contribution in [0.3, 0.4) is 0 Å². The second-order valence-electron chi connectivity index (χ2n) is 6.09. The maximum absolute atomic E-state index is 13.2. The molecule has 146 valence electrons. The fourth-order valence-electron chi connectivity index (χ4n) is 2.71. The Morgan fingerprint density at radius 2 is 1.75 bits per heavy atom. The predicted molar refractivity (Wildman–Crippen MR) is 98.8 cm³/mol. The zero-order valence-corrected chi connectivity index (χ0v) is 15.0. The van der Waals surface area contributed by atoms with Crippen molar-refractivity contribution in [1.82, 2.24) is 9.78 Å². The molecule has 5 nitrogen and oxygen atoms in total. The van der Waals surface area contributed by atoms with E-state index in [4.69, 9.17) is 10.5 Å². The number of benzene rings is 2. The molecule has 0 saturated carbocycles. The van der Waals surface area contributed by atoms with Crippen LogP contribution in [0.25, 0.3) is 16.9 Å². The minimum absolute atomic E-state index is 0.0964. The van der Waals surface area contributed by atoms with Gasteiger partial charge in [0.1, 0.15) is 0 Å². The number of anilines is 1. The van der Waals surface area contributed by atoms with Crippen LogP contribution in [0.2, 0.25) is 0 Å². The maximum atomic E-state index is 13.2. The van der Waals surface area contributed by atoms with E-state index in [-0.39, 0.29) is 24.7 Å². The number of nitrogens with two attached hydrogens (primary N) is 1. The number of hydrogen-bond donors (Lipinski definition) is 1. The van der Waals surface area contributed by atoms with Gasteiger partial charge in [-0.05, 0) is 42.8 Å². The van der Waals surface area contributed by atoms with Crippen molar-refractivity contribution in [1.29, 1.82) is 0 Å². The summed E-state index contributed by atoms with van der Waals surface area (Å²) in [4.78, 5) is 11.6. The van der Waals surface area contributed by atoms with Crippen molar-refractivity contribution >= 4 is 11.7 Å². The average Bonchev–Trinajstić information content (AvgIpc) is 3.09. The molecule has 0 aliphatic heterocycles. The van der Waals surface area contributed by atoms with Crippen LogP contribution in [-0.4, -0.2) is 22.4 Å². The van der Waals surface area contributed by atoms with Crippen LogP contribution >= 0.6 is 0 Å². The molecule has 0 fully saturated rings. The molecule has 0 unspecified atom stereocenters. The van der Waals surface area contributed by atoms with Gasteiger partial charge >= 0.3 is 12.1 Å². The molecule has 8 heteroatoms. The number of esters is 1. The van der Waals surface area contributed by atoms with Gasteiger partial charge in [-0.1, -0.05) is 24.3 Å². The normalized spacial score (nSPS) is 11.4.